The number of likely N-dealkylation sites (tertiary alicyclic amines) is 1. The molecular weight excluding hydrogens is 458 g/mol. The molecule has 3 aromatic rings. The summed E-state index contributed by atoms with van der Waals surface area (Å²) in [5.74, 6) is 0.514. The summed E-state index contributed by atoms with van der Waals surface area (Å²) in [5, 5.41) is 11.4. The Morgan fingerprint density at radius 2 is 1.81 bits per heavy atom. The average molecular weight is 490 g/mol. The van der Waals surface area contributed by atoms with Gasteiger partial charge in [-0.15, -0.1) is 5.10 Å². The van der Waals surface area contributed by atoms with Crippen molar-refractivity contribution in [3.8, 4) is 5.75 Å². The fourth-order valence-electron chi connectivity index (χ4n) is 4.76. The number of anilines is 1. The van der Waals surface area contributed by atoms with Crippen LogP contribution < -0.4 is 10.1 Å². The number of aromatic nitrogens is 3. The second-order valence-corrected chi connectivity index (χ2v) is 9.25. The zero-order valence-corrected chi connectivity index (χ0v) is 20.6. The van der Waals surface area contributed by atoms with Crippen molar-refractivity contribution in [2.75, 3.05) is 25.5 Å². The van der Waals surface area contributed by atoms with E-state index in [2.05, 4.69) is 22.6 Å². The Balaban J connectivity index is 1.17. The lowest BCUT2D eigenvalue weighted by atomic mass is 9.95. The molecule has 9 heteroatoms. The molecule has 2 aliphatic rings. The minimum absolute atomic E-state index is 0.00496. The van der Waals surface area contributed by atoms with Gasteiger partial charge in [0.1, 0.15) is 11.9 Å². The van der Waals surface area contributed by atoms with E-state index in [1.165, 1.54) is 5.56 Å². The third-order valence-corrected chi connectivity index (χ3v) is 7.07. The monoisotopic (exact) mass is 489 g/mol. The van der Waals surface area contributed by atoms with Crippen molar-refractivity contribution < 1.29 is 19.1 Å². The molecule has 1 atom stereocenters. The maximum Gasteiger partial charge on any atom is 0.276 e. The molecule has 188 valence electrons. The van der Waals surface area contributed by atoms with E-state index < -0.39 is 0 Å². The molecule has 0 saturated carbocycles. The van der Waals surface area contributed by atoms with E-state index in [9.17, 15) is 9.59 Å². The van der Waals surface area contributed by atoms with Gasteiger partial charge in [-0.2, -0.15) is 0 Å². The van der Waals surface area contributed by atoms with Crippen molar-refractivity contribution in [3.05, 3.63) is 71.0 Å². The lowest BCUT2D eigenvalue weighted by Crippen LogP contribution is -2.42. The highest BCUT2D eigenvalue weighted by atomic mass is 16.5. The molecule has 1 saturated heterocycles. The summed E-state index contributed by atoms with van der Waals surface area (Å²) < 4.78 is 13.0. The van der Waals surface area contributed by atoms with Gasteiger partial charge in [-0.3, -0.25) is 9.59 Å². The predicted molar refractivity (Wildman–Crippen MR) is 134 cm³/mol. The van der Waals surface area contributed by atoms with E-state index in [0.29, 0.717) is 43.9 Å². The molecule has 9 nitrogen and oxygen atoms in total. The molecule has 2 aliphatic heterocycles. The van der Waals surface area contributed by atoms with Crippen LogP contribution in [0.25, 0.3) is 0 Å². The summed E-state index contributed by atoms with van der Waals surface area (Å²) in [5.41, 5.74) is 4.09. The number of nitrogens with zero attached hydrogens (tertiary/aromatic N) is 4. The van der Waals surface area contributed by atoms with Crippen LogP contribution in [0.4, 0.5) is 5.69 Å². The predicted octanol–water partition coefficient (Wildman–Crippen LogP) is 3.61. The standard InChI is InChI=1S/C27H31N5O4/c1-3-18-4-8-21(9-5-18)28-26(33)20-12-14-31(15-13-20)27(34)25-23-17-36-24(16-32(23)30-29-25)19-6-10-22(35-2)11-7-19/h4-11,20,24H,3,12-17H2,1-2H3,(H,28,33)/t24-/m1/s1. The highest BCUT2D eigenvalue weighted by Crippen LogP contribution is 2.29. The highest BCUT2D eigenvalue weighted by Gasteiger charge is 2.33. The molecule has 5 rings (SSSR count). The molecule has 3 heterocycles. The third kappa shape index (κ3) is 4.97. The van der Waals surface area contributed by atoms with Crippen LogP contribution in [-0.4, -0.2) is 51.9 Å². The maximum atomic E-state index is 13.2. The van der Waals surface area contributed by atoms with Gasteiger partial charge in [0.2, 0.25) is 5.91 Å². The number of ether oxygens (including phenoxy) is 2. The SMILES string of the molecule is CCc1ccc(NC(=O)C2CCN(C(=O)c3nnn4c3CO[C@@H](c3ccc(OC)cc3)C4)CC2)cc1. The number of hydrogen-bond acceptors (Lipinski definition) is 6. The average Bonchev–Trinajstić information content (AvgIpc) is 3.36. The van der Waals surface area contributed by atoms with Crippen LogP contribution in [0.2, 0.25) is 0 Å². The van der Waals surface area contributed by atoms with E-state index in [1.807, 2.05) is 48.5 Å². The van der Waals surface area contributed by atoms with Crippen molar-refractivity contribution in [1.29, 1.82) is 0 Å². The molecule has 2 aromatic carbocycles. The van der Waals surface area contributed by atoms with Crippen LogP contribution in [-0.2, 0) is 29.1 Å². The second kappa shape index (κ2) is 10.5. The summed E-state index contributed by atoms with van der Waals surface area (Å²) in [4.78, 5) is 27.7. The van der Waals surface area contributed by atoms with Gasteiger partial charge < -0.3 is 19.7 Å². The van der Waals surface area contributed by atoms with Gasteiger partial charge in [0, 0.05) is 24.7 Å². The molecule has 36 heavy (non-hydrogen) atoms. The maximum absolute atomic E-state index is 13.2. The smallest absolute Gasteiger partial charge is 0.276 e. The number of hydrogen-bond donors (Lipinski definition) is 1. The van der Waals surface area contributed by atoms with E-state index in [4.69, 9.17) is 9.47 Å². The molecule has 0 bridgehead atoms. The molecule has 2 amide bonds. The van der Waals surface area contributed by atoms with E-state index in [-0.39, 0.29) is 30.4 Å². The van der Waals surface area contributed by atoms with Crippen molar-refractivity contribution in [2.45, 2.75) is 45.4 Å². The minimum Gasteiger partial charge on any atom is -0.497 e. The van der Waals surface area contributed by atoms with E-state index in [1.54, 1.807) is 16.7 Å². The fourth-order valence-corrected chi connectivity index (χ4v) is 4.76. The van der Waals surface area contributed by atoms with Gasteiger partial charge in [0.15, 0.2) is 5.69 Å². The lowest BCUT2D eigenvalue weighted by Gasteiger charge is -2.31. The zero-order valence-electron chi connectivity index (χ0n) is 20.6. The Morgan fingerprint density at radius 3 is 2.47 bits per heavy atom. The number of rotatable bonds is 6. The van der Waals surface area contributed by atoms with E-state index >= 15 is 0 Å². The van der Waals surface area contributed by atoms with Crippen LogP contribution in [0.15, 0.2) is 48.5 Å². The Labute approximate surface area is 210 Å². The fraction of sp³-hybridized carbons (Fsp3) is 0.407. The number of nitrogens with one attached hydrogen (secondary N) is 1. The van der Waals surface area contributed by atoms with Crippen LogP contribution in [0.3, 0.4) is 0 Å². The molecule has 0 aliphatic carbocycles. The summed E-state index contributed by atoms with van der Waals surface area (Å²) >= 11 is 0. The number of amides is 2. The first-order valence-electron chi connectivity index (χ1n) is 12.4. The minimum atomic E-state index is -0.166. The van der Waals surface area contributed by atoms with Crippen LogP contribution in [0, 0.1) is 5.92 Å². The highest BCUT2D eigenvalue weighted by molar-refractivity contribution is 5.94. The van der Waals surface area contributed by atoms with E-state index in [0.717, 1.165) is 23.4 Å². The number of piperidine rings is 1. The number of carbonyl (C=O) groups is 2. The number of fused-ring (bicyclic) bond motifs is 1. The van der Waals surface area contributed by atoms with Gasteiger partial charge in [0.05, 0.1) is 26.0 Å². The molecule has 0 radical (unpaired) electrons. The molecule has 1 fully saturated rings. The van der Waals surface area contributed by atoms with Crippen LogP contribution >= 0.6 is 0 Å². The van der Waals surface area contributed by atoms with Crippen molar-refractivity contribution in [2.24, 2.45) is 5.92 Å². The molecular formula is C27H31N5O4. The Kier molecular flexibility index (Phi) is 6.99. The molecule has 0 unspecified atom stereocenters. The van der Waals surface area contributed by atoms with Gasteiger partial charge >= 0.3 is 0 Å². The first kappa shape index (κ1) is 24.0. The van der Waals surface area contributed by atoms with Crippen LogP contribution in [0.1, 0.15) is 53.2 Å². The lowest BCUT2D eigenvalue weighted by molar-refractivity contribution is -0.121. The number of aryl methyl sites for hydroxylation is 1. The van der Waals surface area contributed by atoms with Gasteiger partial charge in [-0.1, -0.05) is 36.4 Å². The first-order chi connectivity index (χ1) is 17.6. The zero-order chi connectivity index (χ0) is 25.1. The molecule has 0 spiro atoms. The number of methoxy groups -OCH3 is 1. The van der Waals surface area contributed by atoms with Crippen molar-refractivity contribution >= 4 is 17.5 Å². The first-order valence-corrected chi connectivity index (χ1v) is 12.4. The normalized spacial score (nSPS) is 17.9. The van der Waals surface area contributed by atoms with Gasteiger partial charge in [-0.25, -0.2) is 4.68 Å². The number of carbonyl (C=O) groups excluding carboxylic acids is 2. The van der Waals surface area contributed by atoms with Crippen molar-refractivity contribution in [1.82, 2.24) is 19.9 Å². The molecule has 1 aromatic heterocycles. The Morgan fingerprint density at radius 1 is 1.08 bits per heavy atom. The third-order valence-electron chi connectivity index (χ3n) is 7.07. The molecule has 1 N–H and O–H groups in total. The van der Waals surface area contributed by atoms with Gasteiger partial charge in [0.25, 0.3) is 5.91 Å². The van der Waals surface area contributed by atoms with Crippen LogP contribution in [0.5, 0.6) is 5.75 Å². The second-order valence-electron chi connectivity index (χ2n) is 9.25. The Hall–Kier alpha value is -3.72. The summed E-state index contributed by atoms with van der Waals surface area (Å²) in [6, 6.07) is 15.7. The largest absolute Gasteiger partial charge is 0.497 e. The van der Waals surface area contributed by atoms with Crippen molar-refractivity contribution in [3.63, 3.8) is 0 Å². The van der Waals surface area contributed by atoms with Gasteiger partial charge in [-0.05, 0) is 54.7 Å². The quantitative estimate of drug-likeness (QED) is 0.568. The Bertz CT molecular complexity index is 1210. The number of benzene rings is 2. The summed E-state index contributed by atoms with van der Waals surface area (Å²) in [7, 11) is 1.63. The topological polar surface area (TPSA) is 98.6 Å². The summed E-state index contributed by atoms with van der Waals surface area (Å²) in [6.45, 7) is 3.87. The summed E-state index contributed by atoms with van der Waals surface area (Å²) in [6.07, 6.45) is 2.03.